The number of benzene rings is 11. The van der Waals surface area contributed by atoms with Gasteiger partial charge < -0.3 is 9.80 Å². The number of thiophene rings is 1. The molecule has 0 fully saturated rings. The lowest BCUT2D eigenvalue weighted by molar-refractivity contribution is 0.776. The van der Waals surface area contributed by atoms with Gasteiger partial charge in [-0.3, -0.25) is 0 Å². The van der Waals surface area contributed by atoms with Gasteiger partial charge in [-0.05, 0) is 133 Å². The summed E-state index contributed by atoms with van der Waals surface area (Å²) in [4.78, 5) is 5.01. The number of nitrogens with zero attached hydrogens (tertiary/aromatic N) is 2. The molecule has 70 heavy (non-hydrogen) atoms. The van der Waals surface area contributed by atoms with Crippen LogP contribution in [0.4, 0.5) is 34.1 Å². The molecule has 0 saturated heterocycles. The molecular weight excluding hydrogens is 865 g/mol. The van der Waals surface area contributed by atoms with Crippen molar-refractivity contribution in [1.29, 1.82) is 0 Å². The summed E-state index contributed by atoms with van der Waals surface area (Å²) in [5.74, 6) is 0. The number of rotatable bonds is 4. The summed E-state index contributed by atoms with van der Waals surface area (Å²) in [6.07, 6.45) is 0. The monoisotopic (exact) mass is 906 g/mol. The highest BCUT2D eigenvalue weighted by atomic mass is 32.1. The SMILES string of the molecule is c1ccc(N(c2ccc3c(c2)C2(c4ccccc4-c4ccccc4-3)c3ccccc3-c3cc4sc5ccccc5c4cc32)c2cccc3c2N(c2ccccc2)c2ccccc2-c2ccccc2-3)cc1. The van der Waals surface area contributed by atoms with E-state index in [2.05, 4.69) is 265 Å². The second-order valence-corrected chi connectivity index (χ2v) is 19.8. The molecule has 3 heteroatoms. The smallest absolute Gasteiger partial charge is 0.0781 e. The highest BCUT2D eigenvalue weighted by Crippen LogP contribution is 2.64. The van der Waals surface area contributed by atoms with Crippen molar-refractivity contribution in [2.24, 2.45) is 0 Å². The molecule has 3 aliphatic rings. The van der Waals surface area contributed by atoms with Crippen molar-refractivity contribution < 1.29 is 0 Å². The van der Waals surface area contributed by atoms with E-state index in [1.165, 1.54) is 98.1 Å². The molecule has 0 N–H and O–H groups in total. The van der Waals surface area contributed by atoms with Gasteiger partial charge in [0.05, 0.1) is 22.5 Å². The van der Waals surface area contributed by atoms with Crippen molar-refractivity contribution in [2.75, 3.05) is 9.80 Å². The number of para-hydroxylation sites is 4. The predicted octanol–water partition coefficient (Wildman–Crippen LogP) is 18.7. The van der Waals surface area contributed by atoms with Gasteiger partial charge >= 0.3 is 0 Å². The lowest BCUT2D eigenvalue weighted by Gasteiger charge is -2.37. The van der Waals surface area contributed by atoms with E-state index in [0.29, 0.717) is 0 Å². The Balaban J connectivity index is 1.08. The molecule has 2 nitrogen and oxygen atoms in total. The first kappa shape index (κ1) is 39.3. The Morgan fingerprint density at radius 3 is 1.57 bits per heavy atom. The molecule has 0 bridgehead atoms. The maximum atomic E-state index is 2.56. The third kappa shape index (κ3) is 5.44. The molecule has 11 aromatic carbocycles. The van der Waals surface area contributed by atoms with Crippen LogP contribution in [0, 0.1) is 0 Å². The topological polar surface area (TPSA) is 6.48 Å². The van der Waals surface area contributed by atoms with Crippen molar-refractivity contribution in [3.8, 4) is 55.6 Å². The van der Waals surface area contributed by atoms with Crippen LogP contribution in [0.25, 0.3) is 75.8 Å². The van der Waals surface area contributed by atoms with Crippen LogP contribution in [-0.2, 0) is 5.41 Å². The van der Waals surface area contributed by atoms with Gasteiger partial charge in [-0.1, -0.05) is 188 Å². The lowest BCUT2D eigenvalue weighted by Crippen LogP contribution is -2.29. The van der Waals surface area contributed by atoms with Crippen LogP contribution in [-0.4, -0.2) is 0 Å². The molecule has 1 spiro atoms. The minimum atomic E-state index is -0.673. The molecule has 1 atom stereocenters. The minimum Gasteiger partial charge on any atom is -0.308 e. The van der Waals surface area contributed by atoms with E-state index in [1.807, 2.05) is 11.3 Å². The van der Waals surface area contributed by atoms with E-state index in [1.54, 1.807) is 0 Å². The molecule has 15 rings (SSSR count). The average Bonchev–Trinajstić information content (AvgIpc) is 3.86. The standard InChI is InChI=1S/C67H42N2S/c1-3-20-43(21-4-1)68(63-36-19-32-55-49-27-10-9-26-48(49)53-30-13-17-35-62(53)69(66(55)63)44-22-5-2-6-23-44)45-38-39-52-47-25-8-7-24-46(47)50-28-11-15-33-58(50)67(60(52)40-45)59-34-16-12-29-51(59)56-42-65-57(41-61(56)67)54-31-14-18-37-64(54)70-65/h1-42H. The third-order valence-electron chi connectivity index (χ3n) is 15.2. The molecule has 1 aromatic heterocycles. The summed E-state index contributed by atoms with van der Waals surface area (Å²) in [6, 6.07) is 95.4. The van der Waals surface area contributed by atoms with Crippen LogP contribution in [0.2, 0.25) is 0 Å². The van der Waals surface area contributed by atoms with Gasteiger partial charge in [0.2, 0.25) is 0 Å². The zero-order valence-electron chi connectivity index (χ0n) is 38.1. The molecule has 12 aromatic rings. The molecule has 0 radical (unpaired) electrons. The Bertz CT molecular complexity index is 4090. The summed E-state index contributed by atoms with van der Waals surface area (Å²) < 4.78 is 2.63. The van der Waals surface area contributed by atoms with Gasteiger partial charge in [0.25, 0.3) is 0 Å². The molecule has 326 valence electrons. The van der Waals surface area contributed by atoms with Crippen LogP contribution in [0.5, 0.6) is 0 Å². The highest BCUT2D eigenvalue weighted by Gasteiger charge is 2.50. The Kier molecular flexibility index (Phi) is 8.48. The van der Waals surface area contributed by atoms with Gasteiger partial charge in [0, 0.05) is 48.4 Å². The van der Waals surface area contributed by atoms with E-state index >= 15 is 0 Å². The Morgan fingerprint density at radius 1 is 0.314 bits per heavy atom. The van der Waals surface area contributed by atoms with Crippen LogP contribution in [0.15, 0.2) is 255 Å². The lowest BCUT2D eigenvalue weighted by atomic mass is 9.65. The summed E-state index contributed by atoms with van der Waals surface area (Å²) >= 11 is 1.90. The van der Waals surface area contributed by atoms with Crippen LogP contribution in [0.1, 0.15) is 22.3 Å². The van der Waals surface area contributed by atoms with Crippen molar-refractivity contribution in [3.05, 3.63) is 277 Å². The quantitative estimate of drug-likeness (QED) is 0.174. The Hall–Kier alpha value is -8.76. The van der Waals surface area contributed by atoms with Gasteiger partial charge in [-0.25, -0.2) is 0 Å². The van der Waals surface area contributed by atoms with Crippen LogP contribution in [0.3, 0.4) is 0 Å². The Morgan fingerprint density at radius 2 is 0.843 bits per heavy atom. The maximum Gasteiger partial charge on any atom is 0.0781 e. The molecule has 0 saturated carbocycles. The molecule has 1 unspecified atom stereocenters. The summed E-state index contributed by atoms with van der Waals surface area (Å²) in [7, 11) is 0. The van der Waals surface area contributed by atoms with E-state index in [4.69, 9.17) is 0 Å². The molecule has 1 aliphatic heterocycles. The van der Waals surface area contributed by atoms with Crippen molar-refractivity contribution in [2.45, 2.75) is 5.41 Å². The molecule has 2 heterocycles. The third-order valence-corrected chi connectivity index (χ3v) is 16.3. The fourth-order valence-corrected chi connectivity index (χ4v) is 13.5. The van der Waals surface area contributed by atoms with Crippen molar-refractivity contribution >= 4 is 65.6 Å². The maximum absolute atomic E-state index is 2.56. The van der Waals surface area contributed by atoms with E-state index in [-0.39, 0.29) is 0 Å². The summed E-state index contributed by atoms with van der Waals surface area (Å²) in [6.45, 7) is 0. The zero-order valence-corrected chi connectivity index (χ0v) is 38.9. The van der Waals surface area contributed by atoms with Crippen LogP contribution < -0.4 is 9.80 Å². The number of anilines is 6. The predicted molar refractivity (Wildman–Crippen MR) is 295 cm³/mol. The van der Waals surface area contributed by atoms with E-state index in [9.17, 15) is 0 Å². The van der Waals surface area contributed by atoms with Crippen molar-refractivity contribution in [3.63, 3.8) is 0 Å². The molecule has 2 aliphatic carbocycles. The summed E-state index contributed by atoms with van der Waals surface area (Å²) in [5.41, 5.74) is 23.5. The van der Waals surface area contributed by atoms with Gasteiger partial charge in [0.1, 0.15) is 0 Å². The first-order valence-electron chi connectivity index (χ1n) is 24.2. The Labute approximate surface area is 411 Å². The van der Waals surface area contributed by atoms with E-state index in [0.717, 1.165) is 34.1 Å². The first-order chi connectivity index (χ1) is 34.8. The largest absolute Gasteiger partial charge is 0.308 e. The normalized spacial score (nSPS) is 14.6. The van der Waals surface area contributed by atoms with Gasteiger partial charge in [0.15, 0.2) is 0 Å². The average molecular weight is 907 g/mol. The molecular formula is C67H42N2S. The summed E-state index contributed by atoms with van der Waals surface area (Å²) in [5, 5.41) is 2.62. The van der Waals surface area contributed by atoms with Gasteiger partial charge in [-0.2, -0.15) is 0 Å². The second-order valence-electron chi connectivity index (χ2n) is 18.7. The zero-order chi connectivity index (χ0) is 45.9. The van der Waals surface area contributed by atoms with Crippen LogP contribution >= 0.6 is 11.3 Å². The highest BCUT2D eigenvalue weighted by molar-refractivity contribution is 7.25. The van der Waals surface area contributed by atoms with E-state index < -0.39 is 5.41 Å². The number of hydrogen-bond donors (Lipinski definition) is 0. The first-order valence-corrected chi connectivity index (χ1v) is 25.0. The second kappa shape index (κ2) is 15.1. The fourth-order valence-electron chi connectivity index (χ4n) is 12.4. The molecule has 0 amide bonds. The fraction of sp³-hybridized carbons (Fsp3) is 0.0149. The minimum absolute atomic E-state index is 0.673. The van der Waals surface area contributed by atoms with Gasteiger partial charge in [-0.15, -0.1) is 11.3 Å². The number of fused-ring (bicyclic) bond motifs is 20. The number of hydrogen-bond acceptors (Lipinski definition) is 3. The van der Waals surface area contributed by atoms with Crippen molar-refractivity contribution in [1.82, 2.24) is 0 Å².